The van der Waals surface area contributed by atoms with E-state index in [0.29, 0.717) is 22.6 Å². The van der Waals surface area contributed by atoms with Crippen LogP contribution < -0.4 is 14.8 Å². The highest BCUT2D eigenvalue weighted by molar-refractivity contribution is 6.09. The number of nitriles is 1. The maximum Gasteiger partial charge on any atom is 0.344 e. The van der Waals surface area contributed by atoms with E-state index in [9.17, 15) is 14.9 Å². The van der Waals surface area contributed by atoms with Crippen LogP contribution in [0.4, 0.5) is 5.69 Å². The molecule has 0 aromatic heterocycles. The Kier molecular flexibility index (Phi) is 6.89. The van der Waals surface area contributed by atoms with Gasteiger partial charge in [-0.15, -0.1) is 0 Å². The second-order valence-corrected chi connectivity index (χ2v) is 7.82. The van der Waals surface area contributed by atoms with E-state index < -0.39 is 11.9 Å². The molecule has 4 rings (SSSR count). The minimum absolute atomic E-state index is 0.0758. The van der Waals surface area contributed by atoms with E-state index in [1.807, 2.05) is 55.5 Å². The lowest BCUT2D eigenvalue weighted by Crippen LogP contribution is -2.13. The largest absolute Gasteiger partial charge is 0.493 e. The molecular weight excluding hydrogens is 440 g/mol. The highest BCUT2D eigenvalue weighted by Gasteiger charge is 2.16. The Morgan fingerprint density at radius 1 is 0.914 bits per heavy atom. The monoisotopic (exact) mass is 462 g/mol. The third-order valence-corrected chi connectivity index (χ3v) is 5.39. The summed E-state index contributed by atoms with van der Waals surface area (Å²) in [7, 11) is 1.45. The molecule has 6 nitrogen and oxygen atoms in total. The molecule has 4 aromatic carbocycles. The molecule has 0 fully saturated rings. The van der Waals surface area contributed by atoms with Crippen LogP contribution >= 0.6 is 0 Å². The van der Waals surface area contributed by atoms with Gasteiger partial charge in [0.15, 0.2) is 11.5 Å². The quantitative estimate of drug-likeness (QED) is 0.166. The number of nitrogens with zero attached hydrogens (tertiary/aromatic N) is 1. The fourth-order valence-corrected chi connectivity index (χ4v) is 3.57. The highest BCUT2D eigenvalue weighted by atomic mass is 16.6. The lowest BCUT2D eigenvalue weighted by Gasteiger charge is -2.11. The number of esters is 1. The summed E-state index contributed by atoms with van der Waals surface area (Å²) in [6.45, 7) is 1.95. The van der Waals surface area contributed by atoms with Gasteiger partial charge in [-0.1, -0.05) is 60.2 Å². The molecule has 0 atom stereocenters. The standard InChI is InChI=1S/C29H22N2O4/c1-19-10-13-23(14-11-19)31-28(32)22(18-30)16-20-12-15-26(27(17-20)34-2)35-29(33)25-9-5-7-21-6-3-4-8-24(21)25/h3-17H,1-2H3,(H,31,32)/b22-16+. The van der Waals surface area contributed by atoms with E-state index in [2.05, 4.69) is 5.32 Å². The van der Waals surface area contributed by atoms with Gasteiger partial charge in [0.2, 0.25) is 0 Å². The number of hydrogen-bond acceptors (Lipinski definition) is 5. The van der Waals surface area contributed by atoms with Gasteiger partial charge < -0.3 is 14.8 Å². The zero-order chi connectivity index (χ0) is 24.8. The van der Waals surface area contributed by atoms with Crippen molar-refractivity contribution in [2.45, 2.75) is 6.92 Å². The summed E-state index contributed by atoms with van der Waals surface area (Å²) in [5.41, 5.74) is 2.56. The summed E-state index contributed by atoms with van der Waals surface area (Å²) in [4.78, 5) is 25.5. The van der Waals surface area contributed by atoms with Crippen LogP contribution in [0.15, 0.2) is 90.5 Å². The fraction of sp³-hybridized carbons (Fsp3) is 0.0690. The minimum atomic E-state index is -0.526. The van der Waals surface area contributed by atoms with Gasteiger partial charge in [0.1, 0.15) is 11.6 Å². The van der Waals surface area contributed by atoms with Crippen LogP contribution in [0.3, 0.4) is 0 Å². The Bertz CT molecular complexity index is 1480. The first-order valence-corrected chi connectivity index (χ1v) is 10.9. The lowest BCUT2D eigenvalue weighted by molar-refractivity contribution is -0.112. The van der Waals surface area contributed by atoms with Crippen molar-refractivity contribution >= 4 is 34.4 Å². The number of rotatable bonds is 6. The number of ether oxygens (including phenoxy) is 2. The molecule has 6 heteroatoms. The zero-order valence-corrected chi connectivity index (χ0v) is 19.2. The van der Waals surface area contributed by atoms with Gasteiger partial charge in [-0.2, -0.15) is 5.26 Å². The number of hydrogen-bond donors (Lipinski definition) is 1. The van der Waals surface area contributed by atoms with Gasteiger partial charge in [-0.3, -0.25) is 4.79 Å². The van der Waals surface area contributed by atoms with Gasteiger partial charge >= 0.3 is 5.97 Å². The molecule has 0 aliphatic rings. The Morgan fingerprint density at radius 3 is 2.40 bits per heavy atom. The number of fused-ring (bicyclic) bond motifs is 1. The van der Waals surface area contributed by atoms with E-state index in [4.69, 9.17) is 9.47 Å². The number of carbonyl (C=O) groups is 2. The van der Waals surface area contributed by atoms with Crippen LogP contribution in [0.2, 0.25) is 0 Å². The average Bonchev–Trinajstić information content (AvgIpc) is 2.88. The van der Waals surface area contributed by atoms with Crippen molar-refractivity contribution in [1.82, 2.24) is 0 Å². The molecule has 0 aliphatic carbocycles. The van der Waals surface area contributed by atoms with Crippen LogP contribution in [0.5, 0.6) is 11.5 Å². The molecule has 1 amide bonds. The molecule has 0 aliphatic heterocycles. The maximum atomic E-state index is 12.9. The number of benzene rings is 4. The Labute approximate surface area is 203 Å². The van der Waals surface area contributed by atoms with Gasteiger partial charge in [0, 0.05) is 5.69 Å². The van der Waals surface area contributed by atoms with E-state index in [1.165, 1.54) is 13.2 Å². The van der Waals surface area contributed by atoms with Crippen molar-refractivity contribution in [2.75, 3.05) is 12.4 Å². The van der Waals surface area contributed by atoms with Crippen LogP contribution in [-0.4, -0.2) is 19.0 Å². The smallest absolute Gasteiger partial charge is 0.344 e. The number of anilines is 1. The first-order chi connectivity index (χ1) is 17.0. The molecule has 0 bridgehead atoms. The molecule has 0 spiro atoms. The number of carbonyl (C=O) groups excluding carboxylic acids is 2. The summed E-state index contributed by atoms with van der Waals surface area (Å²) in [5, 5.41) is 13.9. The first-order valence-electron chi connectivity index (χ1n) is 10.9. The summed E-state index contributed by atoms with van der Waals surface area (Å²) in [6.07, 6.45) is 1.45. The SMILES string of the molecule is COc1cc(/C=C(\C#N)C(=O)Nc2ccc(C)cc2)ccc1OC(=O)c1cccc2ccccc12. The number of aryl methyl sites for hydroxylation is 1. The van der Waals surface area contributed by atoms with Crippen molar-refractivity contribution in [3.05, 3.63) is 107 Å². The van der Waals surface area contributed by atoms with Gasteiger partial charge in [-0.05, 0) is 59.7 Å². The van der Waals surface area contributed by atoms with Crippen molar-refractivity contribution < 1.29 is 19.1 Å². The summed E-state index contributed by atoms with van der Waals surface area (Å²) < 4.78 is 11.0. The minimum Gasteiger partial charge on any atom is -0.493 e. The Balaban J connectivity index is 1.56. The van der Waals surface area contributed by atoms with E-state index in [0.717, 1.165) is 16.3 Å². The predicted molar refractivity (Wildman–Crippen MR) is 135 cm³/mol. The molecule has 35 heavy (non-hydrogen) atoms. The number of methoxy groups -OCH3 is 1. The van der Waals surface area contributed by atoms with E-state index >= 15 is 0 Å². The molecule has 1 N–H and O–H groups in total. The molecule has 4 aromatic rings. The summed E-state index contributed by atoms with van der Waals surface area (Å²) in [5.74, 6) is -0.519. The summed E-state index contributed by atoms with van der Waals surface area (Å²) in [6, 6.07) is 27.0. The molecule has 0 heterocycles. The van der Waals surface area contributed by atoms with E-state index in [1.54, 1.807) is 42.5 Å². The maximum absolute atomic E-state index is 12.9. The highest BCUT2D eigenvalue weighted by Crippen LogP contribution is 2.30. The average molecular weight is 463 g/mol. The van der Waals surface area contributed by atoms with Crippen molar-refractivity contribution in [3.8, 4) is 17.6 Å². The van der Waals surface area contributed by atoms with Crippen LogP contribution in [0.25, 0.3) is 16.8 Å². The fourth-order valence-electron chi connectivity index (χ4n) is 3.57. The second kappa shape index (κ2) is 10.4. The predicted octanol–water partition coefficient (Wildman–Crippen LogP) is 5.92. The zero-order valence-electron chi connectivity index (χ0n) is 19.2. The van der Waals surface area contributed by atoms with Gasteiger partial charge in [0.05, 0.1) is 12.7 Å². The third-order valence-electron chi connectivity index (χ3n) is 5.39. The molecule has 172 valence electrons. The summed E-state index contributed by atoms with van der Waals surface area (Å²) >= 11 is 0. The van der Waals surface area contributed by atoms with Crippen LogP contribution in [-0.2, 0) is 4.79 Å². The van der Waals surface area contributed by atoms with Crippen molar-refractivity contribution in [1.29, 1.82) is 5.26 Å². The molecule has 0 radical (unpaired) electrons. The second-order valence-electron chi connectivity index (χ2n) is 7.82. The van der Waals surface area contributed by atoms with Gasteiger partial charge in [0.25, 0.3) is 5.91 Å². The molecule has 0 saturated carbocycles. The van der Waals surface area contributed by atoms with Crippen LogP contribution in [0, 0.1) is 18.3 Å². The third kappa shape index (κ3) is 5.37. The normalized spacial score (nSPS) is 10.9. The Morgan fingerprint density at radius 2 is 1.66 bits per heavy atom. The Hall–Kier alpha value is -4.89. The van der Waals surface area contributed by atoms with Gasteiger partial charge in [-0.25, -0.2) is 4.79 Å². The number of nitrogens with one attached hydrogen (secondary N) is 1. The van der Waals surface area contributed by atoms with Crippen molar-refractivity contribution in [2.24, 2.45) is 0 Å². The molecule has 0 saturated heterocycles. The molecule has 0 unspecified atom stereocenters. The molecular formula is C29H22N2O4. The number of amides is 1. The first kappa shape index (κ1) is 23.3. The van der Waals surface area contributed by atoms with Crippen molar-refractivity contribution in [3.63, 3.8) is 0 Å². The van der Waals surface area contributed by atoms with Crippen LogP contribution in [0.1, 0.15) is 21.5 Å². The lowest BCUT2D eigenvalue weighted by atomic mass is 10.0. The van der Waals surface area contributed by atoms with E-state index in [-0.39, 0.29) is 11.3 Å². The topological polar surface area (TPSA) is 88.4 Å².